The predicted octanol–water partition coefficient (Wildman–Crippen LogP) is 2.52. The number of aliphatic imine (C=N–C) groups is 4. The van der Waals surface area contributed by atoms with Gasteiger partial charge in [0.2, 0.25) is 0 Å². The summed E-state index contributed by atoms with van der Waals surface area (Å²) in [5, 5.41) is 23.6. The zero-order valence-electron chi connectivity index (χ0n) is 23.0. The van der Waals surface area contributed by atoms with Crippen LogP contribution in [0.1, 0.15) is 22.5 Å². The minimum atomic E-state index is -0.150. The first-order chi connectivity index (χ1) is 19.6. The van der Waals surface area contributed by atoms with Gasteiger partial charge in [-0.1, -0.05) is 60.0 Å². The first-order valence-corrected chi connectivity index (χ1v) is 12.4. The first-order valence-electron chi connectivity index (χ1n) is 12.4. The maximum Gasteiger partial charge on any atom is 2.00 e. The molecule has 2 aromatic heterocycles. The molecule has 0 unspecified atom stereocenters. The second-order valence-corrected chi connectivity index (χ2v) is 8.02. The van der Waals surface area contributed by atoms with E-state index in [9.17, 15) is 10.2 Å². The van der Waals surface area contributed by atoms with Crippen LogP contribution in [0, 0.1) is 0 Å². The quantitative estimate of drug-likeness (QED) is 0.129. The third-order valence-corrected chi connectivity index (χ3v) is 5.24. The van der Waals surface area contributed by atoms with E-state index in [1.165, 1.54) is 14.2 Å². The van der Waals surface area contributed by atoms with Crippen molar-refractivity contribution in [3.05, 3.63) is 95.6 Å². The van der Waals surface area contributed by atoms with Gasteiger partial charge < -0.3 is 29.7 Å². The molecule has 0 atom stereocenters. The molecule has 0 aliphatic rings. The molecule has 10 nitrogen and oxygen atoms in total. The Hall–Kier alpha value is -4.08. The summed E-state index contributed by atoms with van der Waals surface area (Å²) in [6.45, 7) is 2.16. The van der Waals surface area contributed by atoms with E-state index >= 15 is 0 Å². The zero-order chi connectivity index (χ0) is 28.4. The molecule has 0 aliphatic carbocycles. The van der Waals surface area contributed by atoms with E-state index in [2.05, 4.69) is 29.9 Å². The fraction of sp³-hybridized carbons (Fsp3) is 0.200. The monoisotopic (exact) mass is 664 g/mol. The van der Waals surface area contributed by atoms with Crippen LogP contribution >= 0.6 is 0 Å². The van der Waals surface area contributed by atoms with Crippen molar-refractivity contribution < 1.29 is 53.8 Å². The van der Waals surface area contributed by atoms with Crippen molar-refractivity contribution in [1.29, 1.82) is 0 Å². The summed E-state index contributed by atoms with van der Waals surface area (Å²) in [6, 6.07) is 17.7. The van der Waals surface area contributed by atoms with Crippen LogP contribution in [-0.4, -0.2) is 65.3 Å². The normalized spacial score (nSPS) is 10.9. The van der Waals surface area contributed by atoms with E-state index in [0.29, 0.717) is 48.8 Å². The van der Waals surface area contributed by atoms with Crippen molar-refractivity contribution in [3.63, 3.8) is 0 Å². The number of aromatic nitrogens is 2. The third-order valence-electron chi connectivity index (χ3n) is 5.24. The van der Waals surface area contributed by atoms with Gasteiger partial charge in [0.15, 0.2) is 0 Å². The average Bonchev–Trinajstić information content (AvgIpc) is 3.69. The molecule has 0 bridgehead atoms. The molecule has 2 aromatic carbocycles. The Balaban J connectivity index is 0.000000401. The molecule has 0 N–H and O–H groups in total. The molecular formula is C30H30Cu2N6O4. The second-order valence-electron chi connectivity index (χ2n) is 8.02. The molecule has 42 heavy (non-hydrogen) atoms. The van der Waals surface area contributed by atoms with Gasteiger partial charge in [0.1, 0.15) is 11.5 Å². The van der Waals surface area contributed by atoms with E-state index in [4.69, 9.17) is 9.47 Å². The van der Waals surface area contributed by atoms with Crippen LogP contribution in [0.3, 0.4) is 0 Å². The summed E-state index contributed by atoms with van der Waals surface area (Å²) in [4.78, 5) is 24.9. The number of hydrogen-bond acceptors (Lipinski definition) is 8. The van der Waals surface area contributed by atoms with E-state index < -0.39 is 0 Å². The van der Waals surface area contributed by atoms with E-state index in [1.54, 1.807) is 73.7 Å². The van der Waals surface area contributed by atoms with Crippen molar-refractivity contribution in [1.82, 2.24) is 9.97 Å². The van der Waals surface area contributed by atoms with Gasteiger partial charge >= 0.3 is 34.1 Å². The minimum Gasteiger partial charge on any atom is -0.870 e. The van der Waals surface area contributed by atoms with Crippen LogP contribution < -0.4 is 29.7 Å². The molecule has 4 aromatic rings. The largest absolute Gasteiger partial charge is 2.00 e. The molecule has 0 fully saturated rings. The second kappa shape index (κ2) is 20.7. The number of rotatable bonds is 12. The fourth-order valence-corrected chi connectivity index (χ4v) is 3.24. The predicted molar refractivity (Wildman–Crippen MR) is 154 cm³/mol. The van der Waals surface area contributed by atoms with Crippen LogP contribution in [-0.2, 0) is 34.1 Å². The Morgan fingerprint density at radius 3 is 1.29 bits per heavy atom. The third kappa shape index (κ3) is 12.2. The SMILES string of the molecule is COc1cccc(C=NCCN=Cc2ccc[n-]2)c1[O-].COc1cccc(C=NCCN=Cc2ccc[n-]2)c1[O-].[Cu+2].[Cu+2]. The first kappa shape index (κ1) is 35.9. The van der Waals surface area contributed by atoms with Gasteiger partial charge in [-0.2, -0.15) is 12.4 Å². The van der Waals surface area contributed by atoms with Crippen molar-refractivity contribution in [2.24, 2.45) is 20.0 Å². The number of ether oxygens (including phenoxy) is 2. The number of methoxy groups -OCH3 is 2. The van der Waals surface area contributed by atoms with Crippen LogP contribution in [0.4, 0.5) is 0 Å². The minimum absolute atomic E-state index is 0. The maximum atomic E-state index is 11.8. The Morgan fingerprint density at radius 1 is 0.571 bits per heavy atom. The smallest absolute Gasteiger partial charge is 0.870 e. The summed E-state index contributed by atoms with van der Waals surface area (Å²) in [5.74, 6) is 0.356. The molecule has 0 amide bonds. The Kier molecular flexibility index (Phi) is 17.8. The Morgan fingerprint density at radius 2 is 0.952 bits per heavy atom. The molecule has 2 heterocycles. The van der Waals surface area contributed by atoms with Gasteiger partial charge in [-0.25, -0.2) is 0 Å². The number of nitrogens with zero attached hydrogens (tertiary/aromatic N) is 6. The summed E-state index contributed by atoms with van der Waals surface area (Å²) < 4.78 is 9.93. The van der Waals surface area contributed by atoms with Gasteiger partial charge in [-0.05, 0) is 23.3 Å². The molecule has 0 spiro atoms. The van der Waals surface area contributed by atoms with Crippen LogP contribution in [0.2, 0.25) is 0 Å². The molecule has 12 heteroatoms. The molecule has 0 saturated carbocycles. The van der Waals surface area contributed by atoms with Crippen molar-refractivity contribution in [2.45, 2.75) is 0 Å². The van der Waals surface area contributed by atoms with Crippen LogP contribution in [0.5, 0.6) is 23.0 Å². The van der Waals surface area contributed by atoms with Crippen molar-refractivity contribution in [2.75, 3.05) is 40.4 Å². The van der Waals surface area contributed by atoms with Gasteiger partial charge in [0.25, 0.3) is 0 Å². The maximum absolute atomic E-state index is 11.8. The molecular weight excluding hydrogens is 635 g/mol. The number of benzene rings is 2. The fourth-order valence-electron chi connectivity index (χ4n) is 3.24. The van der Waals surface area contributed by atoms with Crippen molar-refractivity contribution in [3.8, 4) is 23.0 Å². The summed E-state index contributed by atoms with van der Waals surface area (Å²) in [7, 11) is 2.95. The number of hydrogen-bond donors (Lipinski definition) is 0. The van der Waals surface area contributed by atoms with Gasteiger partial charge in [-0.3, -0.25) is 20.0 Å². The zero-order valence-corrected chi connectivity index (χ0v) is 24.9. The van der Waals surface area contributed by atoms with Crippen LogP contribution in [0.25, 0.3) is 0 Å². The Bertz CT molecular complexity index is 1300. The Labute approximate surface area is 266 Å². The number of para-hydroxylation sites is 2. The standard InChI is InChI=1S/2C15H16N3O2.2Cu/c2*1-20-14-6-2-4-12(15(14)19)10-16-8-9-17-11-13-5-3-7-18-13;;/h2*2-7,10-11H,8-9H2,1H3,(H-,16,17,18,19);;/q2*-1;2*+2/p-2. The topological polar surface area (TPSA) is 142 Å². The van der Waals surface area contributed by atoms with Gasteiger partial charge in [0.05, 0.1) is 40.4 Å². The van der Waals surface area contributed by atoms with Crippen LogP contribution in [0.15, 0.2) is 93.0 Å². The summed E-state index contributed by atoms with van der Waals surface area (Å²) in [5.41, 5.74) is 2.71. The summed E-state index contributed by atoms with van der Waals surface area (Å²) in [6.07, 6.45) is 9.97. The van der Waals surface area contributed by atoms with E-state index in [0.717, 1.165) is 11.4 Å². The molecule has 0 aliphatic heterocycles. The van der Waals surface area contributed by atoms with E-state index in [1.807, 2.05) is 24.3 Å². The van der Waals surface area contributed by atoms with Crippen molar-refractivity contribution >= 4 is 24.9 Å². The summed E-state index contributed by atoms with van der Waals surface area (Å²) >= 11 is 0. The molecule has 4 rings (SSSR count). The van der Waals surface area contributed by atoms with Gasteiger partial charge in [-0.15, -0.1) is 11.4 Å². The molecule has 0 saturated heterocycles. The average molecular weight is 666 g/mol. The molecule has 226 valence electrons. The molecule has 2 radical (unpaired) electrons. The van der Waals surface area contributed by atoms with E-state index in [-0.39, 0.29) is 45.6 Å². The van der Waals surface area contributed by atoms with Gasteiger partial charge in [0, 0.05) is 24.9 Å².